The van der Waals surface area contributed by atoms with Crippen molar-refractivity contribution in [1.82, 2.24) is 10.2 Å². The molecule has 6 heteroatoms. The van der Waals surface area contributed by atoms with Gasteiger partial charge in [-0.25, -0.2) is 0 Å². The average Bonchev–Trinajstić information content (AvgIpc) is 2.71. The molecular weight excluding hydrogens is 344 g/mol. The lowest BCUT2D eigenvalue weighted by molar-refractivity contribution is -0.125. The van der Waals surface area contributed by atoms with Crippen LogP contribution in [-0.4, -0.2) is 44.0 Å². The first kappa shape index (κ1) is 18.5. The number of amides is 2. The highest BCUT2D eigenvalue weighted by Gasteiger charge is 2.13. The Kier molecular flexibility index (Phi) is 5.76. The van der Waals surface area contributed by atoms with Crippen LogP contribution in [0.5, 0.6) is 11.5 Å². The Morgan fingerprint density at radius 3 is 2.48 bits per heavy atom. The summed E-state index contributed by atoms with van der Waals surface area (Å²) in [7, 11) is 3.34. The standard InChI is InChI=1S/C21H22N2O4/c1-22-21(25)17-7-3-15(4-8-17)6-10-20(24)23(2)14-16-5-9-18-19(13-16)27-12-11-26-18/h3-10,13H,11-12,14H2,1-2H3,(H,22,25)/b10-6+. The molecule has 3 rings (SSSR count). The summed E-state index contributed by atoms with van der Waals surface area (Å²) < 4.78 is 11.1. The predicted molar refractivity (Wildman–Crippen MR) is 103 cm³/mol. The summed E-state index contributed by atoms with van der Waals surface area (Å²) in [5, 5.41) is 2.57. The van der Waals surface area contributed by atoms with Gasteiger partial charge >= 0.3 is 0 Å². The Bertz CT molecular complexity index is 859. The average molecular weight is 366 g/mol. The van der Waals surface area contributed by atoms with E-state index in [0.29, 0.717) is 31.1 Å². The van der Waals surface area contributed by atoms with Crippen molar-refractivity contribution < 1.29 is 19.1 Å². The van der Waals surface area contributed by atoms with E-state index in [1.165, 1.54) is 6.08 Å². The number of nitrogens with zero attached hydrogens (tertiary/aromatic N) is 1. The number of likely N-dealkylation sites (N-methyl/N-ethyl adjacent to an activating group) is 1. The van der Waals surface area contributed by atoms with Crippen molar-refractivity contribution in [3.8, 4) is 11.5 Å². The van der Waals surface area contributed by atoms with Crippen molar-refractivity contribution in [2.75, 3.05) is 27.3 Å². The molecule has 0 radical (unpaired) electrons. The SMILES string of the molecule is CNC(=O)c1ccc(/C=C/C(=O)N(C)Cc2ccc3c(c2)OCCO3)cc1. The number of carbonyl (C=O) groups excluding carboxylic acids is 2. The van der Waals surface area contributed by atoms with Gasteiger partial charge in [-0.3, -0.25) is 9.59 Å². The number of benzene rings is 2. The first-order valence-corrected chi connectivity index (χ1v) is 8.70. The molecule has 2 aromatic carbocycles. The molecule has 140 valence electrons. The third-order valence-electron chi connectivity index (χ3n) is 4.22. The highest BCUT2D eigenvalue weighted by atomic mass is 16.6. The highest BCUT2D eigenvalue weighted by Crippen LogP contribution is 2.31. The number of hydrogen-bond acceptors (Lipinski definition) is 4. The molecule has 2 amide bonds. The number of ether oxygens (including phenoxy) is 2. The van der Waals surface area contributed by atoms with E-state index in [-0.39, 0.29) is 11.8 Å². The first-order chi connectivity index (χ1) is 13.1. The van der Waals surface area contributed by atoms with Gasteiger partial charge in [0.05, 0.1) is 0 Å². The van der Waals surface area contributed by atoms with Crippen molar-refractivity contribution >= 4 is 17.9 Å². The molecule has 27 heavy (non-hydrogen) atoms. The molecule has 0 bridgehead atoms. The molecule has 6 nitrogen and oxygen atoms in total. The zero-order valence-electron chi connectivity index (χ0n) is 15.4. The van der Waals surface area contributed by atoms with Crippen LogP contribution in [0.3, 0.4) is 0 Å². The van der Waals surface area contributed by atoms with Crippen LogP contribution in [0, 0.1) is 0 Å². The summed E-state index contributed by atoms with van der Waals surface area (Å²) >= 11 is 0. The van der Waals surface area contributed by atoms with Gasteiger partial charge in [-0.1, -0.05) is 18.2 Å². The zero-order valence-corrected chi connectivity index (χ0v) is 15.4. The predicted octanol–water partition coefficient (Wildman–Crippen LogP) is 2.49. The van der Waals surface area contributed by atoms with E-state index >= 15 is 0 Å². The quantitative estimate of drug-likeness (QED) is 0.826. The van der Waals surface area contributed by atoms with Crippen LogP contribution >= 0.6 is 0 Å². The second kappa shape index (κ2) is 8.40. The summed E-state index contributed by atoms with van der Waals surface area (Å²) in [4.78, 5) is 25.5. The molecule has 1 N–H and O–H groups in total. The van der Waals surface area contributed by atoms with E-state index < -0.39 is 0 Å². The Hall–Kier alpha value is -3.28. The van der Waals surface area contributed by atoms with Crippen LogP contribution in [0.4, 0.5) is 0 Å². The van der Waals surface area contributed by atoms with E-state index in [4.69, 9.17) is 9.47 Å². The molecule has 2 aromatic rings. The number of carbonyl (C=O) groups is 2. The normalized spacial score (nSPS) is 12.7. The van der Waals surface area contributed by atoms with E-state index in [0.717, 1.165) is 16.9 Å². The van der Waals surface area contributed by atoms with Gasteiger partial charge < -0.3 is 19.7 Å². The van der Waals surface area contributed by atoms with E-state index in [1.807, 2.05) is 18.2 Å². The maximum atomic E-state index is 12.4. The fourth-order valence-electron chi connectivity index (χ4n) is 2.72. The van der Waals surface area contributed by atoms with Crippen LogP contribution in [0.2, 0.25) is 0 Å². The van der Waals surface area contributed by atoms with Gasteiger partial charge in [0.25, 0.3) is 5.91 Å². The zero-order chi connectivity index (χ0) is 19.2. The second-order valence-electron chi connectivity index (χ2n) is 6.21. The summed E-state index contributed by atoms with van der Waals surface area (Å²) in [5.41, 5.74) is 2.40. The minimum Gasteiger partial charge on any atom is -0.486 e. The summed E-state index contributed by atoms with van der Waals surface area (Å²) in [6.45, 7) is 1.56. The summed E-state index contributed by atoms with van der Waals surface area (Å²) in [6, 6.07) is 12.7. The number of rotatable bonds is 5. The number of nitrogens with one attached hydrogen (secondary N) is 1. The Morgan fingerprint density at radius 1 is 1.07 bits per heavy atom. The minimum absolute atomic E-state index is 0.111. The highest BCUT2D eigenvalue weighted by molar-refractivity contribution is 5.94. The minimum atomic E-state index is -0.138. The van der Waals surface area contributed by atoms with E-state index in [1.54, 1.807) is 49.3 Å². The number of hydrogen-bond donors (Lipinski definition) is 1. The fourth-order valence-corrected chi connectivity index (χ4v) is 2.72. The van der Waals surface area contributed by atoms with Gasteiger partial charge in [0, 0.05) is 32.3 Å². The topological polar surface area (TPSA) is 67.9 Å². The van der Waals surface area contributed by atoms with Gasteiger partial charge in [-0.2, -0.15) is 0 Å². The lowest BCUT2D eigenvalue weighted by atomic mass is 10.1. The van der Waals surface area contributed by atoms with Crippen molar-refractivity contribution in [1.29, 1.82) is 0 Å². The molecule has 1 aliphatic rings. The van der Waals surface area contributed by atoms with Crippen LogP contribution in [-0.2, 0) is 11.3 Å². The van der Waals surface area contributed by atoms with Crippen LogP contribution in [0.15, 0.2) is 48.5 Å². The van der Waals surface area contributed by atoms with Gasteiger partial charge in [-0.05, 0) is 41.5 Å². The molecule has 1 heterocycles. The van der Waals surface area contributed by atoms with Gasteiger partial charge in [0.1, 0.15) is 13.2 Å². The van der Waals surface area contributed by atoms with E-state index in [2.05, 4.69) is 5.32 Å². The van der Waals surface area contributed by atoms with Gasteiger partial charge in [0.15, 0.2) is 11.5 Å². The molecule has 1 aliphatic heterocycles. The molecule has 0 saturated heterocycles. The molecule has 0 fully saturated rings. The van der Waals surface area contributed by atoms with Crippen LogP contribution in [0.1, 0.15) is 21.5 Å². The third-order valence-corrected chi connectivity index (χ3v) is 4.22. The summed E-state index contributed by atoms with van der Waals surface area (Å²) in [5.74, 6) is 1.20. The third kappa shape index (κ3) is 4.67. The lowest BCUT2D eigenvalue weighted by Crippen LogP contribution is -2.24. The van der Waals surface area contributed by atoms with Crippen molar-refractivity contribution in [3.63, 3.8) is 0 Å². The van der Waals surface area contributed by atoms with Crippen LogP contribution in [0.25, 0.3) is 6.08 Å². The van der Waals surface area contributed by atoms with E-state index in [9.17, 15) is 9.59 Å². The Morgan fingerprint density at radius 2 is 1.78 bits per heavy atom. The molecule has 0 saturated carbocycles. The smallest absolute Gasteiger partial charge is 0.251 e. The lowest BCUT2D eigenvalue weighted by Gasteiger charge is -2.20. The van der Waals surface area contributed by atoms with Crippen molar-refractivity contribution in [2.45, 2.75) is 6.54 Å². The molecule has 0 aromatic heterocycles. The van der Waals surface area contributed by atoms with Crippen molar-refractivity contribution in [2.24, 2.45) is 0 Å². The van der Waals surface area contributed by atoms with Gasteiger partial charge in [-0.15, -0.1) is 0 Å². The maximum Gasteiger partial charge on any atom is 0.251 e. The second-order valence-corrected chi connectivity index (χ2v) is 6.21. The van der Waals surface area contributed by atoms with Crippen LogP contribution < -0.4 is 14.8 Å². The van der Waals surface area contributed by atoms with Crippen molar-refractivity contribution in [3.05, 3.63) is 65.2 Å². The molecule has 0 spiro atoms. The molecular formula is C21H22N2O4. The number of fused-ring (bicyclic) bond motifs is 1. The molecule has 0 atom stereocenters. The van der Waals surface area contributed by atoms with Gasteiger partial charge in [0.2, 0.25) is 5.91 Å². The summed E-state index contributed by atoms with van der Waals surface area (Å²) in [6.07, 6.45) is 3.25. The first-order valence-electron chi connectivity index (χ1n) is 8.70. The monoisotopic (exact) mass is 366 g/mol. The fraction of sp³-hybridized carbons (Fsp3) is 0.238. The Balaban J connectivity index is 1.60. The molecule has 0 unspecified atom stereocenters. The largest absolute Gasteiger partial charge is 0.486 e. The molecule has 0 aliphatic carbocycles. The maximum absolute atomic E-state index is 12.4. The Labute approximate surface area is 158 Å².